The van der Waals surface area contributed by atoms with Crippen LogP contribution in [0.2, 0.25) is 5.02 Å². The van der Waals surface area contributed by atoms with Crippen LogP contribution in [0.4, 0.5) is 0 Å². The number of carbonyl (C=O) groups is 1. The number of hydrogen-bond acceptors (Lipinski definition) is 2. The Labute approximate surface area is 344 Å². The number of benzene rings is 1. The van der Waals surface area contributed by atoms with E-state index in [0.29, 0.717) is 17.2 Å². The molecule has 0 fully saturated rings. The van der Waals surface area contributed by atoms with E-state index in [-0.39, 0.29) is 5.97 Å². The molecular formula is C52H77ClO2. The molecule has 0 radical (unpaired) electrons. The standard InChI is InChI=1S/C52H77ClO2/c1-41(2)19-11-20-42(3)21-12-22-43(4)23-13-24-44(5)25-14-26-45(6)27-15-28-46(7)29-16-30-47(8)31-17-32-48(9)33-18-34-49(10)39-40-55-52(54)50-35-37-51(53)38-36-50/h19,21,23,25,27,29,31,33,35-39H,11-18,20,22,24,26,28,30,32,34,40H2,1-10H3/b42-21+,43-23+,44-25+,45-27+,46-29+,47-31+,48-33+,49-39+. The highest BCUT2D eigenvalue weighted by atomic mass is 35.5. The molecule has 0 saturated heterocycles. The van der Waals surface area contributed by atoms with Gasteiger partial charge in [0.15, 0.2) is 0 Å². The van der Waals surface area contributed by atoms with Gasteiger partial charge in [-0.3, -0.25) is 0 Å². The first-order chi connectivity index (χ1) is 26.2. The Bertz CT molecular complexity index is 1540. The van der Waals surface area contributed by atoms with Crippen molar-refractivity contribution in [3.8, 4) is 0 Å². The van der Waals surface area contributed by atoms with Crippen LogP contribution in [0.3, 0.4) is 0 Å². The Morgan fingerprint density at radius 1 is 0.418 bits per heavy atom. The van der Waals surface area contributed by atoms with Crippen molar-refractivity contribution in [3.63, 3.8) is 0 Å². The van der Waals surface area contributed by atoms with E-state index in [1.54, 1.807) is 24.3 Å². The van der Waals surface area contributed by atoms with E-state index in [2.05, 4.69) is 118 Å². The number of hydrogen-bond donors (Lipinski definition) is 0. The molecule has 2 nitrogen and oxygen atoms in total. The van der Waals surface area contributed by atoms with Crippen molar-refractivity contribution in [3.05, 3.63) is 140 Å². The van der Waals surface area contributed by atoms with Gasteiger partial charge >= 0.3 is 5.97 Å². The Morgan fingerprint density at radius 2 is 0.673 bits per heavy atom. The summed E-state index contributed by atoms with van der Waals surface area (Å²) in [6.07, 6.45) is 39.3. The van der Waals surface area contributed by atoms with Gasteiger partial charge in [-0.1, -0.05) is 110 Å². The van der Waals surface area contributed by atoms with Gasteiger partial charge in [0.2, 0.25) is 0 Å². The summed E-state index contributed by atoms with van der Waals surface area (Å²) in [6.45, 7) is 22.7. The molecule has 1 aromatic rings. The summed E-state index contributed by atoms with van der Waals surface area (Å²) in [5.74, 6) is -0.324. The third-order valence-electron chi connectivity index (χ3n) is 10.0. The summed E-state index contributed by atoms with van der Waals surface area (Å²) in [4.78, 5) is 12.1. The first kappa shape index (κ1) is 49.7. The quantitative estimate of drug-likeness (QED) is 0.0658. The Hall–Kier alpha value is -3.36. The fourth-order valence-electron chi connectivity index (χ4n) is 6.16. The average Bonchev–Trinajstić information content (AvgIpc) is 3.11. The maximum Gasteiger partial charge on any atom is 0.338 e. The van der Waals surface area contributed by atoms with Crippen LogP contribution in [0.25, 0.3) is 0 Å². The van der Waals surface area contributed by atoms with Gasteiger partial charge in [-0.05, 0) is 202 Å². The number of ether oxygens (including phenoxy) is 1. The molecule has 0 aromatic heterocycles. The zero-order chi connectivity index (χ0) is 40.8. The van der Waals surface area contributed by atoms with Crippen molar-refractivity contribution >= 4 is 17.6 Å². The average molecular weight is 770 g/mol. The first-order valence-electron chi connectivity index (χ1n) is 21.1. The van der Waals surface area contributed by atoms with Gasteiger partial charge < -0.3 is 4.74 Å². The summed E-state index contributed by atoms with van der Waals surface area (Å²) in [5, 5.41) is 0.607. The van der Waals surface area contributed by atoms with E-state index < -0.39 is 0 Å². The number of esters is 1. The second-order valence-corrected chi connectivity index (χ2v) is 16.5. The molecule has 55 heavy (non-hydrogen) atoms. The van der Waals surface area contributed by atoms with Crippen molar-refractivity contribution in [2.24, 2.45) is 0 Å². The number of rotatable bonds is 27. The lowest BCUT2D eigenvalue weighted by atomic mass is 10.0. The summed E-state index contributed by atoms with van der Waals surface area (Å²) in [6, 6.07) is 6.77. The molecule has 3 heteroatoms. The number of allylic oxidation sites excluding steroid dienone is 17. The van der Waals surface area contributed by atoms with E-state index in [1.165, 1.54) is 69.4 Å². The van der Waals surface area contributed by atoms with Crippen molar-refractivity contribution in [1.82, 2.24) is 0 Å². The lowest BCUT2D eigenvalue weighted by Crippen LogP contribution is -2.05. The smallest absolute Gasteiger partial charge is 0.338 e. The zero-order valence-corrected chi connectivity index (χ0v) is 37.5. The topological polar surface area (TPSA) is 26.3 Å². The minimum absolute atomic E-state index is 0.291. The molecule has 1 rings (SSSR count). The van der Waals surface area contributed by atoms with Crippen LogP contribution >= 0.6 is 11.6 Å². The fraction of sp³-hybridized carbons (Fsp3) is 0.519. The van der Waals surface area contributed by atoms with E-state index in [0.717, 1.165) is 83.5 Å². The SMILES string of the molecule is CC(C)=CCC/C(C)=C/CC/C(C)=C/CC/C(C)=C/CC/C(C)=C/CC/C(C)=C/CC/C(C)=C/CC/C(C)=C/CC/C(C)=C/COC(=O)c1ccc(Cl)cc1. The summed E-state index contributed by atoms with van der Waals surface area (Å²) < 4.78 is 5.37. The van der Waals surface area contributed by atoms with Crippen LogP contribution in [-0.4, -0.2) is 12.6 Å². The van der Waals surface area contributed by atoms with Gasteiger partial charge in [0.1, 0.15) is 6.61 Å². The zero-order valence-electron chi connectivity index (χ0n) is 36.7. The molecule has 0 heterocycles. The van der Waals surface area contributed by atoms with E-state index >= 15 is 0 Å². The monoisotopic (exact) mass is 769 g/mol. The highest BCUT2D eigenvalue weighted by Crippen LogP contribution is 2.18. The van der Waals surface area contributed by atoms with Crippen molar-refractivity contribution < 1.29 is 9.53 Å². The molecular weight excluding hydrogens is 692 g/mol. The normalized spacial score (nSPS) is 14.1. The predicted molar refractivity (Wildman–Crippen MR) is 245 cm³/mol. The van der Waals surface area contributed by atoms with Crippen molar-refractivity contribution in [1.29, 1.82) is 0 Å². The molecule has 0 aliphatic rings. The molecule has 0 amide bonds. The van der Waals surface area contributed by atoms with Gasteiger partial charge in [0.05, 0.1) is 5.56 Å². The molecule has 1 aromatic carbocycles. The van der Waals surface area contributed by atoms with Crippen LogP contribution in [0.15, 0.2) is 129 Å². The maximum atomic E-state index is 12.1. The van der Waals surface area contributed by atoms with Crippen molar-refractivity contribution in [2.75, 3.05) is 6.61 Å². The Morgan fingerprint density at radius 3 is 0.945 bits per heavy atom. The minimum Gasteiger partial charge on any atom is -0.458 e. The maximum absolute atomic E-state index is 12.1. The lowest BCUT2D eigenvalue weighted by Gasteiger charge is -2.05. The molecule has 0 unspecified atom stereocenters. The number of halogens is 1. The second kappa shape index (κ2) is 30.8. The molecule has 0 bridgehead atoms. The van der Waals surface area contributed by atoms with Crippen LogP contribution < -0.4 is 0 Å². The highest BCUT2D eigenvalue weighted by molar-refractivity contribution is 6.30. The molecule has 0 aliphatic carbocycles. The molecule has 304 valence electrons. The minimum atomic E-state index is -0.324. The lowest BCUT2D eigenvalue weighted by molar-refractivity contribution is 0.0549. The molecule has 0 N–H and O–H groups in total. The molecule has 0 aliphatic heterocycles. The van der Waals surface area contributed by atoms with E-state index in [9.17, 15) is 4.79 Å². The predicted octanol–water partition coefficient (Wildman–Crippen LogP) is 17.3. The Kier molecular flexibility index (Phi) is 27.8. The van der Waals surface area contributed by atoms with E-state index in [4.69, 9.17) is 16.3 Å². The highest BCUT2D eigenvalue weighted by Gasteiger charge is 2.05. The van der Waals surface area contributed by atoms with Crippen LogP contribution in [0.1, 0.15) is 182 Å². The van der Waals surface area contributed by atoms with Gasteiger partial charge in [0, 0.05) is 5.02 Å². The third kappa shape index (κ3) is 28.7. The van der Waals surface area contributed by atoms with Crippen LogP contribution in [0, 0.1) is 0 Å². The molecule has 0 atom stereocenters. The number of carbonyl (C=O) groups excluding carboxylic acids is 1. The van der Waals surface area contributed by atoms with Gasteiger partial charge in [-0.25, -0.2) is 4.79 Å². The summed E-state index contributed by atoms with van der Waals surface area (Å²) in [5.41, 5.74) is 13.7. The van der Waals surface area contributed by atoms with Crippen LogP contribution in [-0.2, 0) is 4.74 Å². The van der Waals surface area contributed by atoms with Crippen LogP contribution in [0.5, 0.6) is 0 Å². The Balaban J connectivity index is 2.22. The summed E-state index contributed by atoms with van der Waals surface area (Å²) >= 11 is 5.89. The molecule has 0 spiro atoms. The van der Waals surface area contributed by atoms with Gasteiger partial charge in [0.25, 0.3) is 0 Å². The second-order valence-electron chi connectivity index (χ2n) is 16.1. The third-order valence-corrected chi connectivity index (χ3v) is 10.3. The largest absolute Gasteiger partial charge is 0.458 e. The van der Waals surface area contributed by atoms with Crippen molar-refractivity contribution in [2.45, 2.75) is 172 Å². The fourth-order valence-corrected chi connectivity index (χ4v) is 6.28. The first-order valence-corrected chi connectivity index (χ1v) is 21.4. The summed E-state index contributed by atoms with van der Waals surface area (Å²) in [7, 11) is 0. The molecule has 0 saturated carbocycles. The van der Waals surface area contributed by atoms with Gasteiger partial charge in [-0.2, -0.15) is 0 Å². The van der Waals surface area contributed by atoms with E-state index in [1.807, 2.05) is 6.08 Å². The van der Waals surface area contributed by atoms with Gasteiger partial charge in [-0.15, -0.1) is 0 Å².